The van der Waals surface area contributed by atoms with Crippen LogP contribution in [0.1, 0.15) is 118 Å². The number of rotatable bonds is 14. The highest BCUT2D eigenvalue weighted by atomic mass is 16.5. The molecule has 0 atom stereocenters. The molecule has 0 spiro atoms. The first-order valence-electron chi connectivity index (χ1n) is 17.9. The predicted octanol–water partition coefficient (Wildman–Crippen LogP) is 11.5. The van der Waals surface area contributed by atoms with E-state index in [1.54, 1.807) is 7.11 Å². The van der Waals surface area contributed by atoms with Crippen molar-refractivity contribution in [3.63, 3.8) is 0 Å². The molecule has 3 aromatic heterocycles. The number of ether oxygens (including phenoxy) is 1. The van der Waals surface area contributed by atoms with Gasteiger partial charge in [-0.05, 0) is 105 Å². The number of hydrogen-bond donors (Lipinski definition) is 2. The van der Waals surface area contributed by atoms with Crippen LogP contribution in [-0.2, 0) is 19.3 Å². The largest absolute Gasteiger partial charge is 0.497 e. The molecule has 2 aliphatic heterocycles. The first kappa shape index (κ1) is 32.6. The summed E-state index contributed by atoms with van der Waals surface area (Å²) in [6, 6.07) is 17.3. The summed E-state index contributed by atoms with van der Waals surface area (Å²) in [4.78, 5) is 18.4. The monoisotopic (exact) mass is 626 g/mol. The van der Waals surface area contributed by atoms with Gasteiger partial charge in [-0.1, -0.05) is 71.4 Å². The van der Waals surface area contributed by atoms with Gasteiger partial charge >= 0.3 is 0 Å². The number of nitrogens with one attached hydrogen (secondary N) is 2. The first-order valence-corrected chi connectivity index (χ1v) is 17.9. The van der Waals surface area contributed by atoms with E-state index in [4.69, 9.17) is 14.7 Å². The van der Waals surface area contributed by atoms with Crippen molar-refractivity contribution in [3.8, 4) is 16.9 Å². The van der Waals surface area contributed by atoms with Crippen LogP contribution in [0.4, 0.5) is 0 Å². The van der Waals surface area contributed by atoms with Gasteiger partial charge in [0.15, 0.2) is 0 Å². The van der Waals surface area contributed by atoms with Crippen molar-refractivity contribution in [3.05, 3.63) is 88.0 Å². The molecule has 2 aliphatic rings. The van der Waals surface area contributed by atoms with E-state index in [0.29, 0.717) is 0 Å². The normalized spacial score (nSPS) is 12.3. The van der Waals surface area contributed by atoms with Crippen LogP contribution >= 0.6 is 0 Å². The van der Waals surface area contributed by atoms with Crippen LogP contribution in [0.25, 0.3) is 57.5 Å². The predicted molar refractivity (Wildman–Crippen MR) is 201 cm³/mol. The third-order valence-electron chi connectivity index (χ3n) is 9.55. The van der Waals surface area contributed by atoms with E-state index in [-0.39, 0.29) is 0 Å². The molecule has 6 rings (SSSR count). The lowest BCUT2D eigenvalue weighted by Gasteiger charge is -2.07. The summed E-state index contributed by atoms with van der Waals surface area (Å²) >= 11 is 0. The zero-order chi connectivity index (χ0) is 32.6. The molecule has 0 amide bonds. The molecule has 0 saturated heterocycles. The number of hydrogen-bond acceptors (Lipinski definition) is 3. The summed E-state index contributed by atoms with van der Waals surface area (Å²) in [6.45, 7) is 6.80. The SMILES string of the molecule is CCCCCc1c2nc(c(CCCCC)c3ccc([nH]3)c(-c3ccc(OC)cc3)c3ccc([nH]3)c(CCCCC)c3nc1C=C3)C=C2. The molecule has 0 aliphatic carbocycles. The van der Waals surface area contributed by atoms with Crippen molar-refractivity contribution < 1.29 is 4.74 Å². The third-order valence-corrected chi connectivity index (χ3v) is 9.55. The maximum atomic E-state index is 5.51. The molecule has 5 heteroatoms. The number of nitrogens with zero attached hydrogens (tertiary/aromatic N) is 2. The van der Waals surface area contributed by atoms with E-state index >= 15 is 0 Å². The van der Waals surface area contributed by atoms with Gasteiger partial charge in [-0.25, -0.2) is 9.97 Å². The van der Waals surface area contributed by atoms with E-state index in [1.807, 2.05) is 12.1 Å². The maximum absolute atomic E-state index is 5.51. The van der Waals surface area contributed by atoms with E-state index in [9.17, 15) is 0 Å². The van der Waals surface area contributed by atoms with Gasteiger partial charge in [0.05, 0.1) is 29.9 Å². The molecule has 0 radical (unpaired) electrons. The number of benzene rings is 1. The van der Waals surface area contributed by atoms with Crippen molar-refractivity contribution in [2.45, 2.75) is 97.8 Å². The first-order chi connectivity index (χ1) is 23.1. The number of fused-ring (bicyclic) bond motifs is 8. The molecule has 1 aromatic carbocycles. The molecule has 5 heterocycles. The third kappa shape index (κ3) is 7.30. The summed E-state index contributed by atoms with van der Waals surface area (Å²) < 4.78 is 5.51. The highest BCUT2D eigenvalue weighted by Crippen LogP contribution is 2.33. The van der Waals surface area contributed by atoms with Crippen LogP contribution in [0.3, 0.4) is 0 Å². The van der Waals surface area contributed by atoms with Crippen molar-refractivity contribution in [1.82, 2.24) is 19.9 Å². The Morgan fingerprint density at radius 1 is 0.489 bits per heavy atom. The van der Waals surface area contributed by atoms with Gasteiger partial charge in [0.25, 0.3) is 0 Å². The molecule has 0 saturated carbocycles. The van der Waals surface area contributed by atoms with Crippen LogP contribution in [0.5, 0.6) is 5.75 Å². The molecule has 47 heavy (non-hydrogen) atoms. The molecular weight excluding hydrogens is 576 g/mol. The van der Waals surface area contributed by atoms with Gasteiger partial charge in [-0.3, -0.25) is 0 Å². The van der Waals surface area contributed by atoms with E-state index in [1.165, 1.54) is 55.2 Å². The van der Waals surface area contributed by atoms with Crippen LogP contribution in [0.2, 0.25) is 0 Å². The van der Waals surface area contributed by atoms with Gasteiger partial charge in [-0.15, -0.1) is 0 Å². The standard InChI is InChI=1S/C42H50N4O/c1-5-8-11-14-31-34-21-23-36(43-34)32(15-12-9-6-2)38-25-27-40(45-38)42(29-17-19-30(47-4)20-18-29)41-28-26-39(46-41)33(16-13-10-7-3)37-24-22-35(31)44-37/h17-28,45-46H,5-16H2,1-4H3. The van der Waals surface area contributed by atoms with E-state index < -0.39 is 0 Å². The highest BCUT2D eigenvalue weighted by molar-refractivity contribution is 5.94. The second-order valence-corrected chi connectivity index (χ2v) is 12.9. The van der Waals surface area contributed by atoms with Crippen molar-refractivity contribution in [2.75, 3.05) is 7.11 Å². The van der Waals surface area contributed by atoms with Crippen LogP contribution < -0.4 is 4.74 Å². The van der Waals surface area contributed by atoms with E-state index in [0.717, 1.165) is 100 Å². The summed E-state index contributed by atoms with van der Waals surface area (Å²) in [5.41, 5.74) is 14.8. The minimum Gasteiger partial charge on any atom is -0.497 e. The molecular formula is C42H50N4O. The zero-order valence-electron chi connectivity index (χ0n) is 28.7. The minimum atomic E-state index is 0.849. The summed E-state index contributed by atoms with van der Waals surface area (Å²) in [7, 11) is 1.72. The smallest absolute Gasteiger partial charge is 0.118 e. The summed E-state index contributed by atoms with van der Waals surface area (Å²) in [5, 5.41) is 0. The molecule has 8 bridgehead atoms. The molecule has 0 fully saturated rings. The van der Waals surface area contributed by atoms with Crippen molar-refractivity contribution in [2.24, 2.45) is 0 Å². The van der Waals surface area contributed by atoms with Crippen LogP contribution in [-0.4, -0.2) is 27.0 Å². The van der Waals surface area contributed by atoms with Crippen molar-refractivity contribution >= 4 is 46.4 Å². The number of H-pyrrole nitrogens is 2. The Balaban J connectivity index is 1.69. The Morgan fingerprint density at radius 3 is 1.32 bits per heavy atom. The topological polar surface area (TPSA) is 66.6 Å². The van der Waals surface area contributed by atoms with Gasteiger partial charge < -0.3 is 14.7 Å². The van der Waals surface area contributed by atoms with Crippen LogP contribution in [0.15, 0.2) is 48.5 Å². The molecule has 244 valence electrons. The van der Waals surface area contributed by atoms with Gasteiger partial charge in [0.2, 0.25) is 0 Å². The maximum Gasteiger partial charge on any atom is 0.118 e. The average molecular weight is 627 g/mol. The fourth-order valence-corrected chi connectivity index (χ4v) is 6.89. The second kappa shape index (κ2) is 15.5. The van der Waals surface area contributed by atoms with Crippen molar-refractivity contribution in [1.29, 1.82) is 0 Å². The van der Waals surface area contributed by atoms with Gasteiger partial charge in [-0.2, -0.15) is 0 Å². The number of methoxy groups -OCH3 is 1. The summed E-state index contributed by atoms with van der Waals surface area (Å²) in [5.74, 6) is 0.849. The Bertz CT molecular complexity index is 1800. The summed E-state index contributed by atoms with van der Waals surface area (Å²) in [6.07, 6.45) is 22.4. The lowest BCUT2D eigenvalue weighted by Crippen LogP contribution is -1.97. The highest BCUT2D eigenvalue weighted by Gasteiger charge is 2.17. The lowest BCUT2D eigenvalue weighted by atomic mass is 10.0. The van der Waals surface area contributed by atoms with Crippen LogP contribution in [0, 0.1) is 0 Å². The average Bonchev–Trinajstić information content (AvgIpc) is 3.93. The zero-order valence-corrected chi connectivity index (χ0v) is 28.7. The number of aromatic amines is 2. The fraction of sp³-hybridized carbons (Fsp3) is 0.381. The molecule has 2 N–H and O–H groups in total. The molecule has 4 aromatic rings. The van der Waals surface area contributed by atoms with E-state index in [2.05, 4.69) is 91.4 Å². The Hall–Kier alpha value is -4.38. The second-order valence-electron chi connectivity index (χ2n) is 12.9. The lowest BCUT2D eigenvalue weighted by molar-refractivity contribution is 0.415. The minimum absolute atomic E-state index is 0.849. The number of aryl methyl sites for hydroxylation is 2. The van der Waals surface area contributed by atoms with Gasteiger partial charge in [0.1, 0.15) is 5.75 Å². The molecule has 0 unspecified atom stereocenters. The quantitative estimate of drug-likeness (QED) is 0.118. The number of unbranched alkanes of at least 4 members (excludes halogenated alkanes) is 6. The number of aromatic nitrogens is 4. The molecule has 5 nitrogen and oxygen atoms in total. The fourth-order valence-electron chi connectivity index (χ4n) is 6.89. The Labute approximate surface area is 280 Å². The Kier molecular flexibility index (Phi) is 10.7. The van der Waals surface area contributed by atoms with Gasteiger partial charge in [0, 0.05) is 44.3 Å². The Morgan fingerprint density at radius 2 is 0.894 bits per heavy atom.